The van der Waals surface area contributed by atoms with Crippen molar-refractivity contribution < 1.29 is 17.9 Å². The molecule has 1 amide bonds. The van der Waals surface area contributed by atoms with Crippen molar-refractivity contribution in [2.75, 3.05) is 38.1 Å². The highest BCUT2D eigenvalue weighted by Crippen LogP contribution is 2.30. The van der Waals surface area contributed by atoms with Crippen LogP contribution < -0.4 is 10.1 Å². The minimum Gasteiger partial charge on any atom is -0.484 e. The molecule has 5 rings (SSSR count). The zero-order valence-corrected chi connectivity index (χ0v) is 23.3. The second kappa shape index (κ2) is 12.5. The Bertz CT molecular complexity index is 1460. The van der Waals surface area contributed by atoms with E-state index in [1.54, 1.807) is 16.4 Å². The van der Waals surface area contributed by atoms with Gasteiger partial charge in [-0.3, -0.25) is 9.69 Å². The Balaban J connectivity index is 1.19. The molecule has 4 aromatic carbocycles. The topological polar surface area (TPSA) is 78.9 Å². The van der Waals surface area contributed by atoms with E-state index in [-0.39, 0.29) is 23.5 Å². The number of carbonyl (C=O) groups is 1. The third-order valence-corrected chi connectivity index (χ3v) is 8.95. The number of hydrogen-bond donors (Lipinski definition) is 1. The maximum atomic E-state index is 13.4. The highest BCUT2D eigenvalue weighted by atomic mass is 32.2. The van der Waals surface area contributed by atoms with Crippen LogP contribution in [-0.2, 0) is 14.8 Å². The van der Waals surface area contributed by atoms with Gasteiger partial charge >= 0.3 is 0 Å². The lowest BCUT2D eigenvalue weighted by Crippen LogP contribution is -2.49. The van der Waals surface area contributed by atoms with E-state index in [1.165, 1.54) is 23.3 Å². The van der Waals surface area contributed by atoms with Crippen molar-refractivity contribution in [2.24, 2.45) is 0 Å². The second-order valence-corrected chi connectivity index (χ2v) is 11.8. The number of sulfonamides is 1. The number of amides is 1. The van der Waals surface area contributed by atoms with Gasteiger partial charge in [-0.15, -0.1) is 0 Å². The average Bonchev–Trinajstić information content (AvgIpc) is 2.99. The molecule has 1 fully saturated rings. The van der Waals surface area contributed by atoms with E-state index < -0.39 is 10.0 Å². The predicted octanol–water partition coefficient (Wildman–Crippen LogP) is 5.11. The summed E-state index contributed by atoms with van der Waals surface area (Å²) in [5.74, 6) is 0.292. The smallest absolute Gasteiger partial charge is 0.262 e. The van der Waals surface area contributed by atoms with Gasteiger partial charge < -0.3 is 10.1 Å². The van der Waals surface area contributed by atoms with Crippen molar-refractivity contribution in [3.8, 4) is 5.75 Å². The molecular formula is C32H33N3O4S. The Morgan fingerprint density at radius 1 is 0.775 bits per heavy atom. The summed E-state index contributed by atoms with van der Waals surface area (Å²) in [6.07, 6.45) is 0. The zero-order chi connectivity index (χ0) is 28.0. The molecule has 0 aliphatic carbocycles. The first-order valence-electron chi connectivity index (χ1n) is 13.3. The Labute approximate surface area is 236 Å². The molecule has 1 saturated heterocycles. The minimum absolute atomic E-state index is 0.0603. The van der Waals surface area contributed by atoms with Crippen LogP contribution >= 0.6 is 0 Å². The fourth-order valence-electron chi connectivity index (χ4n) is 4.93. The molecule has 7 nitrogen and oxygen atoms in total. The highest BCUT2D eigenvalue weighted by molar-refractivity contribution is 7.89. The number of nitrogens with one attached hydrogen (secondary N) is 1. The van der Waals surface area contributed by atoms with Crippen LogP contribution in [0.1, 0.15) is 22.7 Å². The SMILES string of the molecule is Cc1ccc(OCC(=O)Nc2ccc(S(=O)(=O)N3CCN(C(c4ccccc4)c4ccccc4)CC3)cc2)cc1. The number of rotatable bonds is 9. The molecule has 0 aromatic heterocycles. The summed E-state index contributed by atoms with van der Waals surface area (Å²) in [6.45, 7) is 3.86. The fraction of sp³-hybridized carbons (Fsp3) is 0.219. The van der Waals surface area contributed by atoms with E-state index in [0.29, 0.717) is 37.6 Å². The quantitative estimate of drug-likeness (QED) is 0.311. The molecule has 1 N–H and O–H groups in total. The maximum Gasteiger partial charge on any atom is 0.262 e. The van der Waals surface area contributed by atoms with Gasteiger partial charge in [0.25, 0.3) is 5.91 Å². The van der Waals surface area contributed by atoms with Crippen LogP contribution in [0.15, 0.2) is 114 Å². The van der Waals surface area contributed by atoms with Gasteiger partial charge in [0.15, 0.2) is 6.61 Å². The molecule has 8 heteroatoms. The largest absolute Gasteiger partial charge is 0.484 e. The molecule has 206 valence electrons. The van der Waals surface area contributed by atoms with Crippen LogP contribution in [0.2, 0.25) is 0 Å². The van der Waals surface area contributed by atoms with Gasteiger partial charge in [0.2, 0.25) is 10.0 Å². The van der Waals surface area contributed by atoms with Gasteiger partial charge in [0, 0.05) is 31.9 Å². The number of carbonyl (C=O) groups excluding carboxylic acids is 1. The molecule has 4 aromatic rings. The number of hydrogen-bond acceptors (Lipinski definition) is 5. The van der Waals surface area contributed by atoms with E-state index in [0.717, 1.165) is 5.56 Å². The van der Waals surface area contributed by atoms with Gasteiger partial charge in [-0.2, -0.15) is 4.31 Å². The van der Waals surface area contributed by atoms with E-state index in [1.807, 2.05) is 67.6 Å². The molecule has 40 heavy (non-hydrogen) atoms. The number of anilines is 1. The Kier molecular flexibility index (Phi) is 8.60. The predicted molar refractivity (Wildman–Crippen MR) is 157 cm³/mol. The normalized spacial score (nSPS) is 14.7. The molecule has 0 spiro atoms. The maximum absolute atomic E-state index is 13.4. The van der Waals surface area contributed by atoms with Gasteiger partial charge in [-0.1, -0.05) is 78.4 Å². The summed E-state index contributed by atoms with van der Waals surface area (Å²) in [5, 5.41) is 2.75. The minimum atomic E-state index is -3.67. The second-order valence-electron chi connectivity index (χ2n) is 9.84. The number of piperazine rings is 1. The first-order chi connectivity index (χ1) is 19.4. The Hall–Kier alpha value is -3.98. The van der Waals surface area contributed by atoms with E-state index >= 15 is 0 Å². The highest BCUT2D eigenvalue weighted by Gasteiger charge is 2.32. The lowest BCUT2D eigenvalue weighted by atomic mass is 9.96. The number of ether oxygens (including phenoxy) is 1. The summed E-state index contributed by atoms with van der Waals surface area (Å²) in [4.78, 5) is 14.9. The van der Waals surface area contributed by atoms with Gasteiger partial charge in [-0.05, 0) is 54.4 Å². The van der Waals surface area contributed by atoms with Crippen LogP contribution in [-0.4, -0.2) is 56.3 Å². The molecule has 1 aliphatic heterocycles. The molecule has 0 bridgehead atoms. The standard InChI is InChI=1S/C32H33N3O4S/c1-25-12-16-29(17-13-25)39-24-31(36)33-28-14-18-30(19-15-28)40(37,38)35-22-20-34(21-23-35)32(26-8-4-2-5-9-26)27-10-6-3-7-11-27/h2-19,32H,20-24H2,1H3,(H,33,36). The fourth-order valence-corrected chi connectivity index (χ4v) is 6.35. The summed E-state index contributed by atoms with van der Waals surface area (Å²) >= 11 is 0. The third kappa shape index (κ3) is 6.59. The summed E-state index contributed by atoms with van der Waals surface area (Å²) < 4.78 is 33.9. The van der Waals surface area contributed by atoms with Gasteiger partial charge in [-0.25, -0.2) is 8.42 Å². The van der Waals surface area contributed by atoms with E-state index in [4.69, 9.17) is 4.74 Å². The number of aryl methyl sites for hydroxylation is 1. The van der Waals surface area contributed by atoms with Crippen LogP contribution in [0.3, 0.4) is 0 Å². The van der Waals surface area contributed by atoms with Gasteiger partial charge in [0.1, 0.15) is 5.75 Å². The molecule has 1 heterocycles. The van der Waals surface area contributed by atoms with Crippen LogP contribution in [0.4, 0.5) is 5.69 Å². The molecular weight excluding hydrogens is 522 g/mol. The van der Waals surface area contributed by atoms with Crippen LogP contribution in [0.5, 0.6) is 5.75 Å². The zero-order valence-electron chi connectivity index (χ0n) is 22.4. The summed E-state index contributed by atoms with van der Waals surface area (Å²) in [7, 11) is -3.67. The van der Waals surface area contributed by atoms with Gasteiger partial charge in [0.05, 0.1) is 10.9 Å². The average molecular weight is 556 g/mol. The summed E-state index contributed by atoms with van der Waals surface area (Å²) in [6, 6.07) is 34.4. The molecule has 1 aliphatic rings. The Morgan fingerprint density at radius 2 is 1.32 bits per heavy atom. The van der Waals surface area contributed by atoms with E-state index in [9.17, 15) is 13.2 Å². The monoisotopic (exact) mass is 555 g/mol. The lowest BCUT2D eigenvalue weighted by Gasteiger charge is -2.39. The van der Waals surface area contributed by atoms with Crippen LogP contribution in [0, 0.1) is 6.92 Å². The molecule has 0 atom stereocenters. The number of nitrogens with zero attached hydrogens (tertiary/aromatic N) is 2. The summed E-state index contributed by atoms with van der Waals surface area (Å²) in [5.41, 5.74) is 3.99. The molecule has 0 saturated carbocycles. The molecule has 0 unspecified atom stereocenters. The van der Waals surface area contributed by atoms with E-state index in [2.05, 4.69) is 34.5 Å². The van der Waals surface area contributed by atoms with Crippen LogP contribution in [0.25, 0.3) is 0 Å². The Morgan fingerprint density at radius 3 is 1.88 bits per heavy atom. The van der Waals surface area contributed by atoms with Crippen molar-refractivity contribution >= 4 is 21.6 Å². The van der Waals surface area contributed by atoms with Crippen molar-refractivity contribution in [3.05, 3.63) is 126 Å². The van der Waals surface area contributed by atoms with Crippen molar-refractivity contribution in [3.63, 3.8) is 0 Å². The van der Waals surface area contributed by atoms with Crippen molar-refractivity contribution in [1.29, 1.82) is 0 Å². The third-order valence-electron chi connectivity index (χ3n) is 7.04. The first-order valence-corrected chi connectivity index (χ1v) is 14.8. The lowest BCUT2D eigenvalue weighted by molar-refractivity contribution is -0.118. The first kappa shape index (κ1) is 27.6. The van der Waals surface area contributed by atoms with Crippen molar-refractivity contribution in [2.45, 2.75) is 17.9 Å². The molecule has 0 radical (unpaired) electrons. The van der Waals surface area contributed by atoms with Crippen molar-refractivity contribution in [1.82, 2.24) is 9.21 Å². The number of benzene rings is 4.